The van der Waals surface area contributed by atoms with Gasteiger partial charge in [0, 0.05) is 30.5 Å². The summed E-state index contributed by atoms with van der Waals surface area (Å²) in [5.41, 5.74) is 0.768. The molecule has 3 heterocycles. The summed E-state index contributed by atoms with van der Waals surface area (Å²) >= 11 is 2.60. The molecule has 4 rings (SSSR count). The molecule has 206 valence electrons. The molecule has 1 aromatic carbocycles. The number of β-lactam (4-membered cyclic amide) rings is 1. The van der Waals surface area contributed by atoms with E-state index in [2.05, 4.69) is 26.2 Å². The van der Waals surface area contributed by atoms with Crippen LogP contribution in [-0.4, -0.2) is 93.9 Å². The van der Waals surface area contributed by atoms with Gasteiger partial charge in [0.1, 0.15) is 23.2 Å². The molecule has 1 aromatic heterocycles. The number of aryl methyl sites for hydroxylation is 1. The van der Waals surface area contributed by atoms with Crippen molar-refractivity contribution < 1.29 is 34.2 Å². The first-order valence-corrected chi connectivity index (χ1v) is 13.8. The van der Waals surface area contributed by atoms with Crippen molar-refractivity contribution in [2.75, 3.05) is 11.5 Å². The number of hydrogen-bond acceptors (Lipinski definition) is 10. The van der Waals surface area contributed by atoms with Crippen molar-refractivity contribution in [1.29, 1.82) is 0 Å². The SMILES string of the molecule is Cn1nnnc1SCC1=C(C(=O)O)N2C(=O)[C@@H](NC(=O)CCCC(NC(=O)c3ccccc3)C(=O)O)[C@@H]2SC1. The van der Waals surface area contributed by atoms with Gasteiger partial charge in [-0.05, 0) is 41.0 Å². The number of benzene rings is 1. The Morgan fingerprint density at radius 1 is 1.21 bits per heavy atom. The standard InChI is InChI=1S/C23H25N7O7S2/c1-29-23(26-27-28-29)39-11-13-10-38-20-16(19(33)30(20)17(13)22(36)37)25-15(31)9-5-8-14(21(34)35)24-18(32)12-6-3-2-4-7-12/h2-4,6-7,14,16,20H,5,8-11H2,1H3,(H,24,32)(H,25,31)(H,34,35)(H,36,37)/t14?,16-,20+/m1/s1. The number of carbonyl (C=O) groups is 5. The minimum absolute atomic E-state index is 0.0121. The van der Waals surface area contributed by atoms with Crippen molar-refractivity contribution in [1.82, 2.24) is 35.7 Å². The van der Waals surface area contributed by atoms with E-state index in [4.69, 9.17) is 0 Å². The summed E-state index contributed by atoms with van der Waals surface area (Å²) < 4.78 is 1.46. The molecule has 39 heavy (non-hydrogen) atoms. The van der Waals surface area contributed by atoms with Crippen molar-refractivity contribution in [3.8, 4) is 0 Å². The summed E-state index contributed by atoms with van der Waals surface area (Å²) in [6, 6.07) is 6.11. The Morgan fingerprint density at radius 2 is 1.95 bits per heavy atom. The maximum absolute atomic E-state index is 12.8. The predicted octanol–water partition coefficient (Wildman–Crippen LogP) is 0.0943. The van der Waals surface area contributed by atoms with E-state index in [0.29, 0.717) is 22.0 Å². The van der Waals surface area contributed by atoms with Crippen LogP contribution < -0.4 is 10.6 Å². The van der Waals surface area contributed by atoms with Gasteiger partial charge in [-0.15, -0.1) is 16.9 Å². The topological polar surface area (TPSA) is 197 Å². The number of carboxylic acids is 2. The lowest BCUT2D eigenvalue weighted by Crippen LogP contribution is -2.70. The molecule has 14 nitrogen and oxygen atoms in total. The highest BCUT2D eigenvalue weighted by Crippen LogP contribution is 2.41. The maximum Gasteiger partial charge on any atom is 0.352 e. The first-order valence-electron chi connectivity index (χ1n) is 11.8. The van der Waals surface area contributed by atoms with Gasteiger partial charge in [0.15, 0.2) is 0 Å². The normalized spacial score (nSPS) is 19.1. The minimum atomic E-state index is -1.23. The molecule has 16 heteroatoms. The molecular weight excluding hydrogens is 550 g/mol. The van der Waals surface area contributed by atoms with Crippen LogP contribution in [0, 0.1) is 0 Å². The number of carbonyl (C=O) groups excluding carboxylic acids is 3. The molecule has 3 amide bonds. The molecule has 0 radical (unpaired) electrons. The largest absolute Gasteiger partial charge is 0.480 e. The van der Waals surface area contributed by atoms with Crippen LogP contribution in [0.3, 0.4) is 0 Å². The fourth-order valence-electron chi connectivity index (χ4n) is 4.09. The predicted molar refractivity (Wildman–Crippen MR) is 138 cm³/mol. The number of rotatable bonds is 12. The number of thioether (sulfide) groups is 2. The molecule has 2 aliphatic heterocycles. The monoisotopic (exact) mass is 575 g/mol. The molecule has 1 saturated heterocycles. The zero-order valence-electron chi connectivity index (χ0n) is 20.6. The van der Waals surface area contributed by atoms with Crippen LogP contribution in [0.5, 0.6) is 0 Å². The molecule has 0 aliphatic carbocycles. The number of aliphatic carboxylic acids is 2. The number of fused-ring (bicyclic) bond motifs is 1. The molecule has 1 fully saturated rings. The minimum Gasteiger partial charge on any atom is -0.480 e. The lowest BCUT2D eigenvalue weighted by Gasteiger charge is -2.49. The van der Waals surface area contributed by atoms with Crippen molar-refractivity contribution in [3.63, 3.8) is 0 Å². The summed E-state index contributed by atoms with van der Waals surface area (Å²) in [6.07, 6.45) is 0.0957. The van der Waals surface area contributed by atoms with Gasteiger partial charge in [0.25, 0.3) is 11.8 Å². The van der Waals surface area contributed by atoms with Crippen molar-refractivity contribution >= 4 is 53.2 Å². The second-order valence-corrected chi connectivity index (χ2v) is 10.8. The maximum atomic E-state index is 12.8. The fraction of sp³-hybridized carbons (Fsp3) is 0.391. The fourth-order valence-corrected chi connectivity index (χ4v) is 6.43. The third-order valence-corrected chi connectivity index (χ3v) is 8.50. The molecule has 2 aromatic rings. The smallest absolute Gasteiger partial charge is 0.352 e. The lowest BCUT2D eigenvalue weighted by atomic mass is 10.0. The summed E-state index contributed by atoms with van der Waals surface area (Å²) in [7, 11) is 1.66. The third-order valence-electron chi connectivity index (χ3n) is 6.06. The quantitative estimate of drug-likeness (QED) is 0.197. The lowest BCUT2D eigenvalue weighted by molar-refractivity contribution is -0.150. The highest BCUT2D eigenvalue weighted by molar-refractivity contribution is 8.01. The van der Waals surface area contributed by atoms with E-state index in [1.165, 1.54) is 33.1 Å². The van der Waals surface area contributed by atoms with E-state index in [1.54, 1.807) is 37.4 Å². The van der Waals surface area contributed by atoms with Gasteiger partial charge in [-0.3, -0.25) is 19.3 Å². The van der Waals surface area contributed by atoms with E-state index >= 15 is 0 Å². The van der Waals surface area contributed by atoms with Crippen molar-refractivity contribution in [3.05, 3.63) is 47.2 Å². The first-order chi connectivity index (χ1) is 18.7. The highest BCUT2D eigenvalue weighted by atomic mass is 32.2. The van der Waals surface area contributed by atoms with Crippen LogP contribution in [0.1, 0.15) is 29.6 Å². The van der Waals surface area contributed by atoms with Gasteiger partial charge in [0.2, 0.25) is 11.1 Å². The number of nitrogens with zero attached hydrogens (tertiary/aromatic N) is 5. The first kappa shape index (κ1) is 28.1. The zero-order chi connectivity index (χ0) is 28.1. The zero-order valence-corrected chi connectivity index (χ0v) is 22.3. The summed E-state index contributed by atoms with van der Waals surface area (Å²) in [5.74, 6) is -3.36. The van der Waals surface area contributed by atoms with Crippen LogP contribution in [0.2, 0.25) is 0 Å². The van der Waals surface area contributed by atoms with Gasteiger partial charge in [-0.25, -0.2) is 14.3 Å². The number of amides is 3. The van der Waals surface area contributed by atoms with Crippen molar-refractivity contribution in [2.45, 2.75) is 41.9 Å². The molecule has 4 N–H and O–H groups in total. The van der Waals surface area contributed by atoms with E-state index in [-0.39, 0.29) is 30.7 Å². The third kappa shape index (κ3) is 6.39. The summed E-state index contributed by atoms with van der Waals surface area (Å²) in [5, 5.41) is 35.4. The van der Waals surface area contributed by atoms with Crippen LogP contribution >= 0.6 is 23.5 Å². The molecule has 3 atom stereocenters. The van der Waals surface area contributed by atoms with Gasteiger partial charge >= 0.3 is 11.9 Å². The van der Waals surface area contributed by atoms with Gasteiger partial charge in [-0.1, -0.05) is 30.0 Å². The average Bonchev–Trinajstić information content (AvgIpc) is 3.33. The Kier molecular flexibility index (Phi) is 8.86. The molecule has 0 bridgehead atoms. The van der Waals surface area contributed by atoms with E-state index < -0.39 is 47.1 Å². The Hall–Kier alpha value is -3.92. The molecule has 0 spiro atoms. The molecule has 0 saturated carbocycles. The second-order valence-electron chi connectivity index (χ2n) is 8.71. The van der Waals surface area contributed by atoms with Crippen LogP contribution in [0.25, 0.3) is 0 Å². The average molecular weight is 576 g/mol. The van der Waals surface area contributed by atoms with Gasteiger partial charge in [0.05, 0.1) is 0 Å². The highest BCUT2D eigenvalue weighted by Gasteiger charge is 2.54. The Bertz CT molecular complexity index is 1320. The number of tetrazole rings is 1. The Morgan fingerprint density at radius 3 is 2.59 bits per heavy atom. The second kappa shape index (κ2) is 12.3. The number of carboxylic acid groups (broad SMARTS) is 2. The van der Waals surface area contributed by atoms with Crippen LogP contribution in [0.15, 0.2) is 46.8 Å². The molecule has 1 unspecified atom stereocenters. The Labute approximate surface area is 230 Å². The van der Waals surface area contributed by atoms with Crippen LogP contribution in [0.4, 0.5) is 0 Å². The molecule has 2 aliphatic rings. The molecular formula is C23H25N7O7S2. The van der Waals surface area contributed by atoms with Gasteiger partial charge < -0.3 is 20.8 Å². The Balaban J connectivity index is 1.29. The van der Waals surface area contributed by atoms with E-state index in [1.807, 2.05) is 0 Å². The number of nitrogens with one attached hydrogen (secondary N) is 2. The summed E-state index contributed by atoms with van der Waals surface area (Å²) in [6.45, 7) is 0. The van der Waals surface area contributed by atoms with E-state index in [0.717, 1.165) is 0 Å². The van der Waals surface area contributed by atoms with E-state index in [9.17, 15) is 34.2 Å². The number of aromatic nitrogens is 4. The number of hydrogen-bond donors (Lipinski definition) is 4. The van der Waals surface area contributed by atoms with Crippen molar-refractivity contribution in [2.24, 2.45) is 7.05 Å². The summed E-state index contributed by atoms with van der Waals surface area (Å²) in [4.78, 5) is 62.4. The van der Waals surface area contributed by atoms with Crippen LogP contribution in [-0.2, 0) is 26.2 Å². The van der Waals surface area contributed by atoms with Gasteiger partial charge in [-0.2, -0.15) is 0 Å².